The van der Waals surface area contributed by atoms with E-state index in [2.05, 4.69) is 21.2 Å². The highest BCUT2D eigenvalue weighted by Crippen LogP contribution is 2.21. The quantitative estimate of drug-likeness (QED) is 0.898. The number of hydrogen-bond donors (Lipinski definition) is 2. The molecule has 1 heterocycles. The molecule has 17 heavy (non-hydrogen) atoms. The van der Waals surface area contributed by atoms with Crippen molar-refractivity contribution in [3.63, 3.8) is 0 Å². The first-order valence-corrected chi connectivity index (χ1v) is 6.34. The van der Waals surface area contributed by atoms with Crippen LogP contribution in [-0.4, -0.2) is 30.3 Å². The van der Waals surface area contributed by atoms with E-state index in [-0.39, 0.29) is 23.3 Å². The van der Waals surface area contributed by atoms with Crippen molar-refractivity contribution in [2.24, 2.45) is 0 Å². The zero-order valence-electron chi connectivity index (χ0n) is 9.28. The molecule has 1 aliphatic heterocycles. The molecule has 1 atom stereocenters. The van der Waals surface area contributed by atoms with Crippen molar-refractivity contribution in [2.45, 2.75) is 18.9 Å². The molecule has 1 aromatic carbocycles. The fourth-order valence-corrected chi connectivity index (χ4v) is 2.16. The van der Waals surface area contributed by atoms with Crippen molar-refractivity contribution in [1.82, 2.24) is 5.32 Å². The predicted molar refractivity (Wildman–Crippen MR) is 67.1 cm³/mol. The standard InChI is InChI=1S/C12H14BrNO3/c13-8-3-4-11(15)10(6-8)12(16)14-7-9-2-1-5-17-9/h3-4,6,9,15H,1-2,5,7H2,(H,14,16)/t9-/m0/s1. The Hall–Kier alpha value is -1.07. The summed E-state index contributed by atoms with van der Waals surface area (Å²) < 4.78 is 6.17. The average Bonchev–Trinajstić information content (AvgIpc) is 2.82. The number of ether oxygens (including phenoxy) is 1. The highest BCUT2D eigenvalue weighted by atomic mass is 79.9. The van der Waals surface area contributed by atoms with Crippen LogP contribution >= 0.6 is 15.9 Å². The summed E-state index contributed by atoms with van der Waals surface area (Å²) in [6, 6.07) is 4.78. The van der Waals surface area contributed by atoms with E-state index < -0.39 is 0 Å². The third-order valence-corrected chi connectivity index (χ3v) is 3.21. The van der Waals surface area contributed by atoms with Gasteiger partial charge in [0.2, 0.25) is 0 Å². The van der Waals surface area contributed by atoms with Crippen LogP contribution in [0, 0.1) is 0 Å². The third kappa shape index (κ3) is 3.20. The number of phenolic OH excluding ortho intramolecular Hbond substituents is 1. The van der Waals surface area contributed by atoms with E-state index in [0.717, 1.165) is 23.9 Å². The summed E-state index contributed by atoms with van der Waals surface area (Å²) in [4.78, 5) is 11.8. The SMILES string of the molecule is O=C(NC[C@@H]1CCCO1)c1cc(Br)ccc1O. The minimum absolute atomic E-state index is 0.0157. The van der Waals surface area contributed by atoms with Crippen LogP contribution in [-0.2, 0) is 4.74 Å². The molecule has 92 valence electrons. The number of carbonyl (C=O) groups is 1. The maximum absolute atomic E-state index is 11.8. The molecular formula is C12H14BrNO3. The van der Waals surface area contributed by atoms with E-state index >= 15 is 0 Å². The molecule has 0 radical (unpaired) electrons. The Morgan fingerprint density at radius 2 is 2.41 bits per heavy atom. The van der Waals surface area contributed by atoms with Crippen LogP contribution in [0.1, 0.15) is 23.2 Å². The third-order valence-electron chi connectivity index (χ3n) is 2.72. The molecule has 1 fully saturated rings. The molecular weight excluding hydrogens is 286 g/mol. The molecule has 2 N–H and O–H groups in total. The van der Waals surface area contributed by atoms with Gasteiger partial charge in [-0.15, -0.1) is 0 Å². The molecule has 2 rings (SSSR count). The first kappa shape index (κ1) is 12.4. The van der Waals surface area contributed by atoms with Crippen molar-refractivity contribution < 1.29 is 14.6 Å². The van der Waals surface area contributed by atoms with E-state index in [1.807, 2.05) is 0 Å². The Morgan fingerprint density at radius 3 is 3.12 bits per heavy atom. The van der Waals surface area contributed by atoms with Gasteiger partial charge in [0, 0.05) is 17.6 Å². The summed E-state index contributed by atoms with van der Waals surface area (Å²) in [6.07, 6.45) is 2.13. The van der Waals surface area contributed by atoms with Crippen molar-refractivity contribution in [3.05, 3.63) is 28.2 Å². The number of amides is 1. The van der Waals surface area contributed by atoms with E-state index in [1.165, 1.54) is 6.07 Å². The van der Waals surface area contributed by atoms with Crippen LogP contribution in [0.5, 0.6) is 5.75 Å². The summed E-state index contributed by atoms with van der Waals surface area (Å²) in [6.45, 7) is 1.26. The first-order valence-electron chi connectivity index (χ1n) is 5.55. The Kier molecular flexibility index (Phi) is 4.02. The van der Waals surface area contributed by atoms with E-state index in [4.69, 9.17) is 4.74 Å². The predicted octanol–water partition coefficient (Wildman–Crippen LogP) is 2.06. The molecule has 4 nitrogen and oxygen atoms in total. The first-order chi connectivity index (χ1) is 8.16. The van der Waals surface area contributed by atoms with Crippen LogP contribution in [0.2, 0.25) is 0 Å². The molecule has 5 heteroatoms. The van der Waals surface area contributed by atoms with Gasteiger partial charge in [0.05, 0.1) is 11.7 Å². The van der Waals surface area contributed by atoms with E-state index in [1.54, 1.807) is 12.1 Å². The molecule has 1 saturated heterocycles. The molecule has 0 bridgehead atoms. The number of aromatic hydroxyl groups is 1. The van der Waals surface area contributed by atoms with Gasteiger partial charge in [-0.05, 0) is 31.0 Å². The topological polar surface area (TPSA) is 58.6 Å². The number of carbonyl (C=O) groups excluding carboxylic acids is 1. The zero-order chi connectivity index (χ0) is 12.3. The number of hydrogen-bond acceptors (Lipinski definition) is 3. The van der Waals surface area contributed by atoms with Crippen LogP contribution < -0.4 is 5.32 Å². The van der Waals surface area contributed by atoms with Crippen molar-refractivity contribution in [3.8, 4) is 5.75 Å². The van der Waals surface area contributed by atoms with Crippen LogP contribution in [0.3, 0.4) is 0 Å². The number of nitrogens with one attached hydrogen (secondary N) is 1. The molecule has 1 amide bonds. The molecule has 1 aliphatic rings. The minimum Gasteiger partial charge on any atom is -0.507 e. The molecule has 0 aliphatic carbocycles. The normalized spacial score (nSPS) is 19.2. The van der Waals surface area contributed by atoms with Crippen LogP contribution in [0.4, 0.5) is 0 Å². The van der Waals surface area contributed by atoms with Gasteiger partial charge in [-0.1, -0.05) is 15.9 Å². The van der Waals surface area contributed by atoms with E-state index in [9.17, 15) is 9.90 Å². The Balaban J connectivity index is 1.96. The van der Waals surface area contributed by atoms with Crippen molar-refractivity contribution in [1.29, 1.82) is 0 Å². The summed E-state index contributed by atoms with van der Waals surface area (Å²) in [7, 11) is 0. The fraction of sp³-hybridized carbons (Fsp3) is 0.417. The van der Waals surface area contributed by atoms with Crippen molar-refractivity contribution >= 4 is 21.8 Å². The highest BCUT2D eigenvalue weighted by molar-refractivity contribution is 9.10. The lowest BCUT2D eigenvalue weighted by Crippen LogP contribution is -2.31. The summed E-state index contributed by atoms with van der Waals surface area (Å²) in [5.41, 5.74) is 0.275. The van der Waals surface area contributed by atoms with Gasteiger partial charge in [-0.25, -0.2) is 0 Å². The van der Waals surface area contributed by atoms with Gasteiger partial charge in [0.25, 0.3) is 5.91 Å². The smallest absolute Gasteiger partial charge is 0.255 e. The van der Waals surface area contributed by atoms with Crippen LogP contribution in [0.15, 0.2) is 22.7 Å². The van der Waals surface area contributed by atoms with Gasteiger partial charge >= 0.3 is 0 Å². The maximum atomic E-state index is 11.8. The average molecular weight is 300 g/mol. The van der Waals surface area contributed by atoms with Crippen LogP contribution in [0.25, 0.3) is 0 Å². The van der Waals surface area contributed by atoms with Gasteiger partial charge in [0.15, 0.2) is 0 Å². The highest BCUT2D eigenvalue weighted by Gasteiger charge is 2.18. The van der Waals surface area contributed by atoms with E-state index in [0.29, 0.717) is 6.54 Å². The zero-order valence-corrected chi connectivity index (χ0v) is 10.9. The largest absolute Gasteiger partial charge is 0.507 e. The second-order valence-corrected chi connectivity index (χ2v) is 4.92. The second kappa shape index (κ2) is 5.51. The maximum Gasteiger partial charge on any atom is 0.255 e. The second-order valence-electron chi connectivity index (χ2n) is 4.01. The lowest BCUT2D eigenvalue weighted by molar-refractivity contribution is 0.0855. The Bertz CT molecular complexity index is 416. The monoisotopic (exact) mass is 299 g/mol. The van der Waals surface area contributed by atoms with Gasteiger partial charge < -0.3 is 15.2 Å². The minimum atomic E-state index is -0.278. The van der Waals surface area contributed by atoms with Gasteiger partial charge in [0.1, 0.15) is 5.75 Å². The number of benzene rings is 1. The van der Waals surface area contributed by atoms with Gasteiger partial charge in [-0.3, -0.25) is 4.79 Å². The fourth-order valence-electron chi connectivity index (χ4n) is 1.80. The molecule has 0 unspecified atom stereocenters. The Labute approximate surface area is 108 Å². The molecule has 1 aromatic rings. The summed E-state index contributed by atoms with van der Waals surface area (Å²) >= 11 is 3.27. The lowest BCUT2D eigenvalue weighted by atomic mass is 10.2. The molecule has 0 spiro atoms. The van der Waals surface area contributed by atoms with Crippen molar-refractivity contribution in [2.75, 3.05) is 13.2 Å². The summed E-state index contributed by atoms with van der Waals surface area (Å²) in [5.74, 6) is -0.294. The van der Waals surface area contributed by atoms with Gasteiger partial charge in [-0.2, -0.15) is 0 Å². The number of phenols is 1. The summed E-state index contributed by atoms with van der Waals surface area (Å²) in [5, 5.41) is 12.3. The Morgan fingerprint density at radius 1 is 1.59 bits per heavy atom. The number of rotatable bonds is 3. The number of halogens is 1. The molecule has 0 saturated carbocycles. The molecule has 0 aromatic heterocycles. The lowest BCUT2D eigenvalue weighted by Gasteiger charge is -2.11.